The van der Waals surface area contributed by atoms with Gasteiger partial charge in [-0.15, -0.1) is 4.48 Å². The summed E-state index contributed by atoms with van der Waals surface area (Å²) in [5.74, 6) is 0.409. The lowest BCUT2D eigenvalue weighted by molar-refractivity contribution is -0.792. The second kappa shape index (κ2) is 10.9. The number of nitrogens with zero attached hydrogens (tertiary/aromatic N) is 1. The number of amides is 2. The van der Waals surface area contributed by atoms with Crippen molar-refractivity contribution in [2.45, 2.75) is 62.5 Å². The number of piperidine rings is 1. The fraction of sp³-hybridized carbons (Fsp3) is 0.462. The average Bonchev–Trinajstić information content (AvgIpc) is 2.83. The van der Waals surface area contributed by atoms with E-state index in [0.29, 0.717) is 0 Å². The number of carbonyl (C=O) groups is 2. The summed E-state index contributed by atoms with van der Waals surface area (Å²) in [6.45, 7) is 6.52. The zero-order valence-electron chi connectivity index (χ0n) is 21.6. The molecule has 1 saturated heterocycles. The minimum absolute atomic E-state index is 0.0238. The molecular formula is C26H31F3NO7S+. The Bertz CT molecular complexity index is 1240. The van der Waals surface area contributed by atoms with Crippen LogP contribution in [0.5, 0.6) is 11.5 Å². The monoisotopic (exact) mass is 558 g/mol. The molecule has 2 aromatic carbocycles. The topological polar surface area (TPSA) is 96.0 Å². The maximum Gasteiger partial charge on any atom is 0.527 e. The lowest BCUT2D eigenvalue weighted by atomic mass is 10.1. The second-order valence-corrected chi connectivity index (χ2v) is 12.2. The molecule has 208 valence electrons. The highest BCUT2D eigenvalue weighted by Crippen LogP contribution is 2.33. The number of hydrogen-bond acceptors (Lipinski definition) is 7. The van der Waals surface area contributed by atoms with Gasteiger partial charge in [-0.05, 0) is 76.2 Å². The molecule has 1 aliphatic rings. The van der Waals surface area contributed by atoms with Gasteiger partial charge < -0.3 is 14.2 Å². The number of halogens is 3. The zero-order chi connectivity index (χ0) is 28.4. The Kier molecular flexibility index (Phi) is 8.47. The van der Waals surface area contributed by atoms with E-state index in [-0.39, 0.29) is 48.9 Å². The van der Waals surface area contributed by atoms with Gasteiger partial charge in [0.05, 0.1) is 22.3 Å². The third-order valence-electron chi connectivity index (χ3n) is 6.03. The van der Waals surface area contributed by atoms with Gasteiger partial charge in [0.15, 0.2) is 9.84 Å². The summed E-state index contributed by atoms with van der Waals surface area (Å²) in [4.78, 5) is 25.7. The second-order valence-electron chi connectivity index (χ2n) is 9.93. The number of rotatable bonds is 5. The number of carbonyl (C=O) groups excluding carboxylic acids is 2. The molecule has 3 rings (SSSR count). The Hall–Kier alpha value is -3.12. The van der Waals surface area contributed by atoms with E-state index in [0.717, 1.165) is 12.1 Å². The van der Waals surface area contributed by atoms with Crippen molar-refractivity contribution in [1.29, 1.82) is 0 Å². The smallest absolute Gasteiger partial charge is 0.457 e. The Balaban J connectivity index is 1.72. The molecule has 0 bridgehead atoms. The number of ether oxygens (including phenoxy) is 3. The molecule has 2 aromatic rings. The van der Waals surface area contributed by atoms with Crippen molar-refractivity contribution in [3.63, 3.8) is 0 Å². The molecule has 1 fully saturated rings. The summed E-state index contributed by atoms with van der Waals surface area (Å²) < 4.78 is 80.2. The number of alkyl halides is 3. The zero-order valence-corrected chi connectivity index (χ0v) is 22.4. The van der Waals surface area contributed by atoms with Gasteiger partial charge in [-0.1, -0.05) is 0 Å². The van der Waals surface area contributed by atoms with Crippen molar-refractivity contribution in [3.8, 4) is 11.5 Å². The molecule has 8 nitrogen and oxygen atoms in total. The fourth-order valence-electron chi connectivity index (χ4n) is 4.07. The third kappa shape index (κ3) is 6.65. The molecule has 0 spiro atoms. The molecule has 0 saturated carbocycles. The molecular weight excluding hydrogens is 527 g/mol. The van der Waals surface area contributed by atoms with Crippen molar-refractivity contribution >= 4 is 22.0 Å². The van der Waals surface area contributed by atoms with Gasteiger partial charge in [-0.25, -0.2) is 8.42 Å². The van der Waals surface area contributed by atoms with Crippen LogP contribution in [0.25, 0.3) is 0 Å². The quantitative estimate of drug-likeness (QED) is 0.395. The normalized spacial score (nSPS) is 20.4. The lowest BCUT2D eigenvalue weighted by Crippen LogP contribution is -2.63. The number of imide groups is 1. The molecule has 1 aliphatic heterocycles. The summed E-state index contributed by atoms with van der Waals surface area (Å²) in [6.07, 6.45) is -5.96. The molecule has 1 heterocycles. The van der Waals surface area contributed by atoms with Gasteiger partial charge in [0, 0.05) is 12.8 Å². The molecule has 0 atom stereocenters. The van der Waals surface area contributed by atoms with Gasteiger partial charge >= 0.3 is 18.4 Å². The number of hydrogen-bond donors (Lipinski definition) is 0. The average molecular weight is 559 g/mol. The van der Waals surface area contributed by atoms with Crippen LogP contribution in [0, 0.1) is 0 Å². The number of benzene rings is 2. The van der Waals surface area contributed by atoms with E-state index in [1.165, 1.54) is 36.4 Å². The van der Waals surface area contributed by atoms with E-state index < -0.39 is 49.1 Å². The van der Waals surface area contributed by atoms with E-state index in [4.69, 9.17) is 14.2 Å². The molecule has 38 heavy (non-hydrogen) atoms. The van der Waals surface area contributed by atoms with Crippen LogP contribution in [0.2, 0.25) is 0 Å². The van der Waals surface area contributed by atoms with E-state index >= 15 is 0 Å². The van der Waals surface area contributed by atoms with Crippen LogP contribution in [0.1, 0.15) is 46.1 Å². The first-order valence-corrected chi connectivity index (χ1v) is 13.6. The van der Waals surface area contributed by atoms with Crippen molar-refractivity contribution in [1.82, 2.24) is 0 Å². The largest absolute Gasteiger partial charge is 0.527 e. The summed E-state index contributed by atoms with van der Waals surface area (Å²) in [6, 6.07) is 9.66. The third-order valence-corrected chi connectivity index (χ3v) is 8.31. The van der Waals surface area contributed by atoms with Crippen LogP contribution in [0.3, 0.4) is 0 Å². The van der Waals surface area contributed by atoms with Gasteiger partial charge in [0.1, 0.15) is 30.2 Å². The minimum Gasteiger partial charge on any atom is -0.457 e. The van der Waals surface area contributed by atoms with Crippen LogP contribution >= 0.6 is 0 Å². The first-order chi connectivity index (χ1) is 17.6. The number of quaternary nitrogens is 1. The van der Waals surface area contributed by atoms with Crippen molar-refractivity contribution in [2.75, 3.05) is 19.7 Å². The maximum atomic E-state index is 13.3. The highest BCUT2D eigenvalue weighted by molar-refractivity contribution is 7.92. The van der Waals surface area contributed by atoms with Crippen molar-refractivity contribution < 1.29 is 49.9 Å². The SMILES string of the molecule is CCOC(=O)[N+]1(C(=O)OC(C)(C)C)CCC(S(=O)(=O)c2ccc(Oc3ccc(C(F)(F)F)cc3)cc2)CC1. The molecule has 12 heteroatoms. The Morgan fingerprint density at radius 2 is 1.39 bits per heavy atom. The van der Waals surface area contributed by atoms with E-state index in [1.807, 2.05) is 0 Å². The van der Waals surface area contributed by atoms with Gasteiger partial charge in [0.2, 0.25) is 0 Å². The molecule has 0 unspecified atom stereocenters. The molecule has 0 aromatic heterocycles. The van der Waals surface area contributed by atoms with E-state index in [1.54, 1.807) is 27.7 Å². The Morgan fingerprint density at radius 1 is 0.895 bits per heavy atom. The van der Waals surface area contributed by atoms with Gasteiger partial charge in [-0.3, -0.25) is 0 Å². The minimum atomic E-state index is -4.46. The highest BCUT2D eigenvalue weighted by Gasteiger charge is 2.53. The number of sulfone groups is 1. The predicted octanol–water partition coefficient (Wildman–Crippen LogP) is 6.34. The van der Waals surface area contributed by atoms with Crippen LogP contribution in [-0.2, 0) is 25.5 Å². The van der Waals surface area contributed by atoms with E-state index in [9.17, 15) is 31.2 Å². The van der Waals surface area contributed by atoms with Crippen LogP contribution < -0.4 is 4.74 Å². The standard InChI is InChI=1S/C26H31F3NO7S/c1-5-35-23(31)30(24(32)37-25(2,3)4)16-14-22(15-17-30)38(33,34)21-12-10-20(11-13-21)36-19-8-6-18(7-9-19)26(27,28)29/h6-13,22H,5,14-17H2,1-4H3/q+1. The molecule has 0 radical (unpaired) electrons. The summed E-state index contributed by atoms with van der Waals surface area (Å²) >= 11 is 0. The predicted molar refractivity (Wildman–Crippen MR) is 131 cm³/mol. The fourth-order valence-corrected chi connectivity index (χ4v) is 5.80. The summed E-state index contributed by atoms with van der Waals surface area (Å²) in [5, 5.41) is -0.840. The van der Waals surface area contributed by atoms with Crippen LogP contribution in [-0.4, -0.2) is 55.6 Å². The maximum absolute atomic E-state index is 13.3. The van der Waals surface area contributed by atoms with Gasteiger partial charge in [0.25, 0.3) is 0 Å². The summed E-state index contributed by atoms with van der Waals surface area (Å²) in [7, 11) is -3.82. The van der Waals surface area contributed by atoms with Crippen molar-refractivity contribution in [2.24, 2.45) is 0 Å². The van der Waals surface area contributed by atoms with Crippen LogP contribution in [0.4, 0.5) is 22.8 Å². The summed E-state index contributed by atoms with van der Waals surface area (Å²) in [5.41, 5.74) is -1.65. The van der Waals surface area contributed by atoms with Crippen molar-refractivity contribution in [3.05, 3.63) is 54.1 Å². The highest BCUT2D eigenvalue weighted by atomic mass is 32.2. The van der Waals surface area contributed by atoms with Crippen LogP contribution in [0.15, 0.2) is 53.4 Å². The molecule has 0 aliphatic carbocycles. The molecule has 0 N–H and O–H groups in total. The number of likely N-dealkylation sites (tertiary alicyclic amines) is 1. The Morgan fingerprint density at radius 3 is 1.84 bits per heavy atom. The lowest BCUT2D eigenvalue weighted by Gasteiger charge is -2.37. The first kappa shape index (κ1) is 29.4. The molecule has 2 amide bonds. The van der Waals surface area contributed by atoms with E-state index in [2.05, 4.69) is 0 Å². The Labute approximate surface area is 219 Å². The first-order valence-electron chi connectivity index (χ1n) is 12.1. The van der Waals surface area contributed by atoms with Gasteiger partial charge in [-0.2, -0.15) is 22.8 Å².